The highest BCUT2D eigenvalue weighted by Gasteiger charge is 2.26. The predicted molar refractivity (Wildman–Crippen MR) is 48.6 cm³/mol. The van der Waals surface area contributed by atoms with Crippen LogP contribution in [-0.4, -0.2) is 29.9 Å². The van der Waals surface area contributed by atoms with Crippen molar-refractivity contribution in [3.63, 3.8) is 0 Å². The normalized spacial score (nSPS) is 30.4. The second-order valence-electron chi connectivity index (χ2n) is 3.59. The van der Waals surface area contributed by atoms with E-state index >= 15 is 0 Å². The summed E-state index contributed by atoms with van der Waals surface area (Å²) in [4.78, 5) is 13.0. The van der Waals surface area contributed by atoms with Crippen molar-refractivity contribution >= 4 is 5.91 Å². The summed E-state index contributed by atoms with van der Waals surface area (Å²) in [6, 6.07) is 0.297. The topological polar surface area (TPSA) is 46.3 Å². The van der Waals surface area contributed by atoms with Crippen LogP contribution in [-0.2, 0) is 4.79 Å². The van der Waals surface area contributed by atoms with E-state index in [1.807, 2.05) is 4.90 Å². The summed E-state index contributed by atoms with van der Waals surface area (Å²) < 4.78 is 0. The Kier molecular flexibility index (Phi) is 3.09. The SMILES string of the molecule is CC[C@H]1CN(C(C)=O)CC[C@H]1N. The van der Waals surface area contributed by atoms with Gasteiger partial charge in [-0.1, -0.05) is 13.3 Å². The van der Waals surface area contributed by atoms with Gasteiger partial charge < -0.3 is 10.6 Å². The summed E-state index contributed by atoms with van der Waals surface area (Å²) >= 11 is 0. The zero-order valence-electron chi connectivity index (χ0n) is 7.92. The van der Waals surface area contributed by atoms with Crippen LogP contribution in [0.5, 0.6) is 0 Å². The zero-order valence-corrected chi connectivity index (χ0v) is 7.92. The number of rotatable bonds is 1. The fraction of sp³-hybridized carbons (Fsp3) is 0.889. The minimum absolute atomic E-state index is 0.181. The van der Waals surface area contributed by atoms with Gasteiger partial charge in [0.25, 0.3) is 0 Å². The van der Waals surface area contributed by atoms with Crippen LogP contribution in [0.15, 0.2) is 0 Å². The molecule has 1 amide bonds. The third-order valence-electron chi connectivity index (χ3n) is 2.76. The Labute approximate surface area is 73.9 Å². The molecular formula is C9H18N2O. The average molecular weight is 170 g/mol. The molecule has 3 nitrogen and oxygen atoms in total. The molecule has 2 atom stereocenters. The Morgan fingerprint density at radius 2 is 2.33 bits per heavy atom. The van der Waals surface area contributed by atoms with Crippen LogP contribution >= 0.6 is 0 Å². The zero-order chi connectivity index (χ0) is 9.14. The van der Waals surface area contributed by atoms with Crippen molar-refractivity contribution in [3.8, 4) is 0 Å². The number of nitrogens with two attached hydrogens (primary N) is 1. The largest absolute Gasteiger partial charge is 0.343 e. The van der Waals surface area contributed by atoms with Gasteiger partial charge in [-0.05, 0) is 12.3 Å². The van der Waals surface area contributed by atoms with E-state index in [0.29, 0.717) is 12.0 Å². The van der Waals surface area contributed by atoms with E-state index in [1.165, 1.54) is 0 Å². The van der Waals surface area contributed by atoms with Crippen LogP contribution in [0.4, 0.5) is 0 Å². The third-order valence-corrected chi connectivity index (χ3v) is 2.76. The second kappa shape index (κ2) is 3.90. The summed E-state index contributed by atoms with van der Waals surface area (Å²) in [7, 11) is 0. The highest BCUT2D eigenvalue weighted by Crippen LogP contribution is 2.18. The fourth-order valence-corrected chi connectivity index (χ4v) is 1.77. The lowest BCUT2D eigenvalue weighted by Crippen LogP contribution is -2.48. The summed E-state index contributed by atoms with van der Waals surface area (Å²) in [6.07, 6.45) is 2.03. The van der Waals surface area contributed by atoms with Gasteiger partial charge >= 0.3 is 0 Å². The van der Waals surface area contributed by atoms with E-state index in [4.69, 9.17) is 5.73 Å². The van der Waals surface area contributed by atoms with Gasteiger partial charge in [-0.25, -0.2) is 0 Å². The highest BCUT2D eigenvalue weighted by atomic mass is 16.2. The first-order valence-corrected chi connectivity index (χ1v) is 4.66. The van der Waals surface area contributed by atoms with Crippen molar-refractivity contribution in [3.05, 3.63) is 0 Å². The maximum absolute atomic E-state index is 11.1. The Balaban J connectivity index is 2.49. The van der Waals surface area contributed by atoms with Gasteiger partial charge in [0.1, 0.15) is 0 Å². The smallest absolute Gasteiger partial charge is 0.219 e. The second-order valence-corrected chi connectivity index (χ2v) is 3.59. The van der Waals surface area contributed by atoms with E-state index in [0.717, 1.165) is 25.9 Å². The number of hydrogen-bond donors (Lipinski definition) is 1. The molecule has 1 saturated heterocycles. The molecule has 0 aliphatic carbocycles. The van der Waals surface area contributed by atoms with Crippen LogP contribution in [0.1, 0.15) is 26.7 Å². The van der Waals surface area contributed by atoms with Gasteiger partial charge in [0.05, 0.1) is 0 Å². The molecule has 0 aromatic heterocycles. The first-order valence-electron chi connectivity index (χ1n) is 4.66. The highest BCUT2D eigenvalue weighted by molar-refractivity contribution is 5.73. The number of nitrogens with zero attached hydrogens (tertiary/aromatic N) is 1. The summed E-state index contributed by atoms with van der Waals surface area (Å²) in [5.41, 5.74) is 5.91. The molecule has 0 saturated carbocycles. The lowest BCUT2D eigenvalue weighted by Gasteiger charge is -2.35. The molecule has 0 bridgehead atoms. The van der Waals surface area contributed by atoms with E-state index in [1.54, 1.807) is 6.92 Å². The predicted octanol–water partition coefficient (Wildman–Crippen LogP) is 0.592. The van der Waals surface area contributed by atoms with Gasteiger partial charge in [-0.3, -0.25) is 4.79 Å². The first kappa shape index (κ1) is 9.52. The molecule has 0 unspecified atom stereocenters. The molecule has 3 heteroatoms. The molecule has 1 aliphatic heterocycles. The number of likely N-dealkylation sites (tertiary alicyclic amines) is 1. The number of amides is 1. The van der Waals surface area contributed by atoms with Crippen molar-refractivity contribution in [2.24, 2.45) is 11.7 Å². The van der Waals surface area contributed by atoms with Crippen molar-refractivity contribution in [2.45, 2.75) is 32.7 Å². The average Bonchev–Trinajstić information content (AvgIpc) is 2.05. The molecule has 0 aromatic rings. The molecule has 1 rings (SSSR count). The summed E-state index contributed by atoms with van der Waals surface area (Å²) in [5, 5.41) is 0. The molecule has 0 radical (unpaired) electrons. The molecule has 70 valence electrons. The van der Waals surface area contributed by atoms with Crippen molar-refractivity contribution < 1.29 is 4.79 Å². The molecule has 2 N–H and O–H groups in total. The molecule has 0 spiro atoms. The van der Waals surface area contributed by atoms with Crippen molar-refractivity contribution in [2.75, 3.05) is 13.1 Å². The Morgan fingerprint density at radius 1 is 1.67 bits per heavy atom. The number of carbonyl (C=O) groups is 1. The fourth-order valence-electron chi connectivity index (χ4n) is 1.77. The van der Waals surface area contributed by atoms with Crippen LogP contribution in [0, 0.1) is 5.92 Å². The molecular weight excluding hydrogens is 152 g/mol. The van der Waals surface area contributed by atoms with Gasteiger partial charge in [0, 0.05) is 26.1 Å². The number of piperidine rings is 1. The Bertz CT molecular complexity index is 170. The van der Waals surface area contributed by atoms with Crippen LogP contribution in [0.25, 0.3) is 0 Å². The van der Waals surface area contributed by atoms with Crippen LogP contribution in [0.2, 0.25) is 0 Å². The minimum Gasteiger partial charge on any atom is -0.343 e. The molecule has 12 heavy (non-hydrogen) atoms. The third kappa shape index (κ3) is 1.97. The van der Waals surface area contributed by atoms with Crippen LogP contribution < -0.4 is 5.73 Å². The number of hydrogen-bond acceptors (Lipinski definition) is 2. The van der Waals surface area contributed by atoms with E-state index in [9.17, 15) is 4.79 Å². The summed E-state index contributed by atoms with van der Waals surface area (Å²) in [5.74, 6) is 0.683. The first-order chi connectivity index (χ1) is 5.65. The van der Waals surface area contributed by atoms with Crippen molar-refractivity contribution in [1.29, 1.82) is 0 Å². The molecule has 1 heterocycles. The Morgan fingerprint density at radius 3 is 2.83 bits per heavy atom. The molecule has 1 fully saturated rings. The molecule has 0 aromatic carbocycles. The lowest BCUT2D eigenvalue weighted by atomic mass is 9.91. The lowest BCUT2D eigenvalue weighted by molar-refractivity contribution is -0.130. The van der Waals surface area contributed by atoms with Crippen molar-refractivity contribution in [1.82, 2.24) is 4.90 Å². The van der Waals surface area contributed by atoms with Gasteiger partial charge in [-0.2, -0.15) is 0 Å². The maximum Gasteiger partial charge on any atom is 0.219 e. The van der Waals surface area contributed by atoms with Gasteiger partial charge in [0.2, 0.25) is 5.91 Å². The molecule has 1 aliphatic rings. The monoisotopic (exact) mass is 170 g/mol. The van der Waals surface area contributed by atoms with E-state index < -0.39 is 0 Å². The summed E-state index contributed by atoms with van der Waals surface area (Å²) in [6.45, 7) is 5.46. The van der Waals surface area contributed by atoms with Crippen LogP contribution in [0.3, 0.4) is 0 Å². The van der Waals surface area contributed by atoms with E-state index in [-0.39, 0.29) is 5.91 Å². The van der Waals surface area contributed by atoms with E-state index in [2.05, 4.69) is 6.92 Å². The quantitative estimate of drug-likeness (QED) is 0.626. The van der Waals surface area contributed by atoms with Gasteiger partial charge in [-0.15, -0.1) is 0 Å². The maximum atomic E-state index is 11.1. The Hall–Kier alpha value is -0.570. The minimum atomic E-state index is 0.181. The number of carbonyl (C=O) groups excluding carboxylic acids is 1. The standard InChI is InChI=1S/C9H18N2O/c1-3-8-6-11(7(2)12)5-4-9(8)10/h8-9H,3-6,10H2,1-2H3/t8-,9+/m0/s1. The van der Waals surface area contributed by atoms with Gasteiger partial charge in [0.15, 0.2) is 0 Å².